The van der Waals surface area contributed by atoms with Crippen LogP contribution in [0.25, 0.3) is 0 Å². The number of sulfonamides is 1. The van der Waals surface area contributed by atoms with E-state index in [-0.39, 0.29) is 29.2 Å². The van der Waals surface area contributed by atoms with Gasteiger partial charge in [-0.2, -0.15) is 0 Å². The third-order valence-electron chi connectivity index (χ3n) is 5.66. The molecule has 2 heterocycles. The van der Waals surface area contributed by atoms with Crippen molar-refractivity contribution < 1.29 is 27.5 Å². The number of rotatable bonds is 6. The van der Waals surface area contributed by atoms with Gasteiger partial charge in [-0.3, -0.25) is 9.59 Å². The fourth-order valence-corrected chi connectivity index (χ4v) is 4.85. The second-order valence-corrected chi connectivity index (χ2v) is 10.1. The van der Waals surface area contributed by atoms with Crippen LogP contribution in [0.5, 0.6) is 0 Å². The lowest BCUT2D eigenvalue weighted by Crippen LogP contribution is -2.44. The Morgan fingerprint density at radius 1 is 1.19 bits per heavy atom. The molecule has 0 aromatic heterocycles. The Balaban J connectivity index is 1.95. The van der Waals surface area contributed by atoms with Gasteiger partial charge in [0, 0.05) is 46.0 Å². The van der Waals surface area contributed by atoms with E-state index in [4.69, 9.17) is 9.47 Å². The summed E-state index contributed by atoms with van der Waals surface area (Å²) in [4.78, 5) is 29.5. The smallest absolute Gasteiger partial charge is 0.310 e. The van der Waals surface area contributed by atoms with Crippen LogP contribution in [0.2, 0.25) is 0 Å². The van der Waals surface area contributed by atoms with E-state index in [2.05, 4.69) is 0 Å². The van der Waals surface area contributed by atoms with Crippen molar-refractivity contribution in [3.05, 3.63) is 23.8 Å². The molecule has 0 radical (unpaired) electrons. The minimum Gasteiger partial charge on any atom is -0.466 e. The fraction of sp³-hybridized carbons (Fsp3) is 0.619. The standard InChI is InChI=1S/C21H31N3O6S/c1-4-30-21(26)16-6-5-9-24(15-16)20(25)18-14-17(31(27,28)22(2)3)7-8-19(18)23-10-12-29-13-11-23/h7-8,14,16H,4-6,9-13,15H2,1-3H3. The van der Waals surface area contributed by atoms with E-state index in [9.17, 15) is 18.0 Å². The summed E-state index contributed by atoms with van der Waals surface area (Å²) < 4.78 is 37.1. The van der Waals surface area contributed by atoms with Crippen LogP contribution in [-0.2, 0) is 24.3 Å². The lowest BCUT2D eigenvalue weighted by Gasteiger charge is -2.34. The molecule has 1 aromatic carbocycles. The highest BCUT2D eigenvalue weighted by molar-refractivity contribution is 7.89. The lowest BCUT2D eigenvalue weighted by molar-refractivity contribution is -0.149. The number of hydrogen-bond acceptors (Lipinski definition) is 7. The van der Waals surface area contributed by atoms with E-state index in [1.165, 1.54) is 26.2 Å². The minimum atomic E-state index is -3.70. The first-order valence-electron chi connectivity index (χ1n) is 10.6. The Morgan fingerprint density at radius 2 is 1.90 bits per heavy atom. The molecule has 10 heteroatoms. The maximum Gasteiger partial charge on any atom is 0.310 e. The summed E-state index contributed by atoms with van der Waals surface area (Å²) in [6, 6.07) is 4.69. The molecule has 172 valence electrons. The van der Waals surface area contributed by atoms with Crippen LogP contribution in [0.4, 0.5) is 5.69 Å². The number of likely N-dealkylation sites (tertiary alicyclic amines) is 1. The normalized spacial score (nSPS) is 20.1. The predicted molar refractivity (Wildman–Crippen MR) is 116 cm³/mol. The van der Waals surface area contributed by atoms with Crippen LogP contribution >= 0.6 is 0 Å². The molecule has 1 unspecified atom stereocenters. The van der Waals surface area contributed by atoms with Crippen molar-refractivity contribution in [2.45, 2.75) is 24.7 Å². The number of nitrogens with zero attached hydrogens (tertiary/aromatic N) is 3. The molecule has 0 N–H and O–H groups in total. The number of carbonyl (C=O) groups excluding carboxylic acids is 2. The number of ether oxygens (including phenoxy) is 2. The minimum absolute atomic E-state index is 0.0665. The predicted octanol–water partition coefficient (Wildman–Crippen LogP) is 1.19. The highest BCUT2D eigenvalue weighted by atomic mass is 32.2. The van der Waals surface area contributed by atoms with Crippen molar-refractivity contribution in [3.63, 3.8) is 0 Å². The number of carbonyl (C=O) groups is 2. The third-order valence-corrected chi connectivity index (χ3v) is 7.47. The Morgan fingerprint density at radius 3 is 2.55 bits per heavy atom. The molecule has 1 amide bonds. The van der Waals surface area contributed by atoms with Gasteiger partial charge >= 0.3 is 5.97 Å². The second-order valence-electron chi connectivity index (χ2n) is 7.91. The number of piperidine rings is 1. The SMILES string of the molecule is CCOC(=O)C1CCCN(C(=O)c2cc(S(=O)(=O)N(C)C)ccc2N2CCOCC2)C1. The number of benzene rings is 1. The van der Waals surface area contributed by atoms with Gasteiger partial charge in [-0.1, -0.05) is 0 Å². The maximum absolute atomic E-state index is 13.5. The summed E-state index contributed by atoms with van der Waals surface area (Å²) >= 11 is 0. The Kier molecular flexibility index (Phi) is 7.55. The fourth-order valence-electron chi connectivity index (χ4n) is 3.92. The van der Waals surface area contributed by atoms with Crippen molar-refractivity contribution in [1.82, 2.24) is 9.21 Å². The monoisotopic (exact) mass is 453 g/mol. The quantitative estimate of drug-likeness (QED) is 0.597. The van der Waals surface area contributed by atoms with Crippen molar-refractivity contribution in [3.8, 4) is 0 Å². The molecule has 31 heavy (non-hydrogen) atoms. The van der Waals surface area contributed by atoms with Crippen molar-refractivity contribution >= 4 is 27.6 Å². The second kappa shape index (κ2) is 9.97. The molecule has 2 saturated heterocycles. The number of esters is 1. The van der Waals surface area contributed by atoms with Crippen LogP contribution in [0, 0.1) is 5.92 Å². The number of morpholine rings is 1. The van der Waals surface area contributed by atoms with E-state index in [1.54, 1.807) is 17.9 Å². The highest BCUT2D eigenvalue weighted by Crippen LogP contribution is 2.29. The van der Waals surface area contributed by atoms with Gasteiger partial charge in [0.25, 0.3) is 5.91 Å². The first kappa shape index (κ1) is 23.5. The maximum atomic E-state index is 13.5. The average Bonchev–Trinajstić information content (AvgIpc) is 2.79. The van der Waals surface area contributed by atoms with Crippen molar-refractivity contribution in [2.75, 3.05) is 65.0 Å². The molecule has 1 atom stereocenters. The van der Waals surface area contributed by atoms with Crippen LogP contribution in [0.1, 0.15) is 30.1 Å². The van der Waals surface area contributed by atoms with E-state index >= 15 is 0 Å². The van der Waals surface area contributed by atoms with Gasteiger partial charge < -0.3 is 19.3 Å². The van der Waals surface area contributed by atoms with Gasteiger partial charge in [0.05, 0.1) is 36.2 Å². The Labute approximate surface area is 183 Å². The Hall–Kier alpha value is -2.17. The van der Waals surface area contributed by atoms with E-state index in [1.807, 2.05) is 4.90 Å². The molecule has 9 nitrogen and oxygen atoms in total. The number of anilines is 1. The van der Waals surface area contributed by atoms with Gasteiger partial charge in [-0.15, -0.1) is 0 Å². The van der Waals surface area contributed by atoms with Crippen LogP contribution < -0.4 is 4.90 Å². The molecular weight excluding hydrogens is 422 g/mol. The highest BCUT2D eigenvalue weighted by Gasteiger charge is 2.32. The molecule has 2 fully saturated rings. The molecule has 0 spiro atoms. The summed E-state index contributed by atoms with van der Waals surface area (Å²) in [6.07, 6.45) is 1.37. The summed E-state index contributed by atoms with van der Waals surface area (Å²) in [7, 11) is -0.778. The first-order valence-corrected chi connectivity index (χ1v) is 12.0. The van der Waals surface area contributed by atoms with E-state index in [0.29, 0.717) is 63.5 Å². The molecule has 0 saturated carbocycles. The Bertz CT molecular complexity index is 912. The van der Waals surface area contributed by atoms with Crippen LogP contribution in [0.15, 0.2) is 23.1 Å². The summed E-state index contributed by atoms with van der Waals surface area (Å²) in [5.74, 6) is -0.929. The average molecular weight is 454 g/mol. The van der Waals surface area contributed by atoms with Gasteiger partial charge in [-0.05, 0) is 38.0 Å². The molecule has 2 aliphatic rings. The van der Waals surface area contributed by atoms with Crippen LogP contribution in [-0.4, -0.2) is 89.6 Å². The van der Waals surface area contributed by atoms with Gasteiger partial charge in [0.2, 0.25) is 10.0 Å². The molecule has 0 aliphatic carbocycles. The molecule has 1 aromatic rings. The van der Waals surface area contributed by atoms with E-state index < -0.39 is 10.0 Å². The largest absolute Gasteiger partial charge is 0.466 e. The van der Waals surface area contributed by atoms with Gasteiger partial charge in [-0.25, -0.2) is 12.7 Å². The zero-order valence-electron chi connectivity index (χ0n) is 18.4. The topological polar surface area (TPSA) is 96.5 Å². The van der Waals surface area contributed by atoms with Crippen molar-refractivity contribution in [2.24, 2.45) is 5.92 Å². The van der Waals surface area contributed by atoms with Crippen LogP contribution in [0.3, 0.4) is 0 Å². The zero-order valence-corrected chi connectivity index (χ0v) is 19.2. The number of hydrogen-bond donors (Lipinski definition) is 0. The van der Waals surface area contributed by atoms with E-state index in [0.717, 1.165) is 4.31 Å². The lowest BCUT2D eigenvalue weighted by atomic mass is 9.97. The molecular formula is C21H31N3O6S. The molecule has 0 bridgehead atoms. The van der Waals surface area contributed by atoms with Gasteiger partial charge in [0.15, 0.2) is 0 Å². The summed E-state index contributed by atoms with van der Waals surface area (Å²) in [5.41, 5.74) is 1.01. The summed E-state index contributed by atoms with van der Waals surface area (Å²) in [6.45, 7) is 5.16. The van der Waals surface area contributed by atoms with Gasteiger partial charge in [0.1, 0.15) is 0 Å². The number of amides is 1. The molecule has 2 aliphatic heterocycles. The summed E-state index contributed by atoms with van der Waals surface area (Å²) in [5, 5.41) is 0. The third kappa shape index (κ3) is 5.19. The zero-order chi connectivity index (χ0) is 22.6. The van der Waals surface area contributed by atoms with Crippen molar-refractivity contribution in [1.29, 1.82) is 0 Å². The molecule has 3 rings (SSSR count). The first-order chi connectivity index (χ1) is 14.8.